The van der Waals surface area contributed by atoms with Crippen LogP contribution >= 0.6 is 15.9 Å². The van der Waals surface area contributed by atoms with Crippen molar-refractivity contribution in [2.75, 3.05) is 0 Å². The van der Waals surface area contributed by atoms with E-state index in [1.54, 1.807) is 0 Å². The highest BCUT2D eigenvalue weighted by atomic mass is 79.9. The Kier molecular flexibility index (Phi) is 4.32. The third kappa shape index (κ3) is 3.50. The molecule has 20 heavy (non-hydrogen) atoms. The van der Waals surface area contributed by atoms with Crippen LogP contribution in [0.15, 0.2) is 42.5 Å². The Labute approximate surface area is 121 Å². The summed E-state index contributed by atoms with van der Waals surface area (Å²) in [6.07, 6.45) is -4.52. The zero-order valence-corrected chi connectivity index (χ0v) is 11.6. The second kappa shape index (κ2) is 5.83. The zero-order chi connectivity index (χ0) is 14.8. The van der Waals surface area contributed by atoms with E-state index in [0.29, 0.717) is 10.9 Å². The van der Waals surface area contributed by atoms with Crippen LogP contribution in [0, 0.1) is 5.82 Å². The molecule has 6 heteroatoms. The quantitative estimate of drug-likeness (QED) is 0.523. The van der Waals surface area contributed by atoms with Crippen molar-refractivity contribution >= 4 is 15.9 Å². The highest BCUT2D eigenvalue weighted by Crippen LogP contribution is 2.39. The van der Waals surface area contributed by atoms with E-state index in [1.165, 1.54) is 24.3 Å². The molecule has 0 aliphatic heterocycles. The van der Waals surface area contributed by atoms with Crippen molar-refractivity contribution in [1.29, 1.82) is 0 Å². The van der Waals surface area contributed by atoms with Crippen LogP contribution in [0.25, 0.3) is 0 Å². The summed E-state index contributed by atoms with van der Waals surface area (Å²) in [5.41, 5.74) is -0.373. The summed E-state index contributed by atoms with van der Waals surface area (Å²) in [7, 11) is 0. The van der Waals surface area contributed by atoms with E-state index in [1.807, 2.05) is 0 Å². The normalized spacial score (nSPS) is 11.4. The van der Waals surface area contributed by atoms with E-state index in [2.05, 4.69) is 15.9 Å². The van der Waals surface area contributed by atoms with Crippen LogP contribution in [0.2, 0.25) is 0 Å². The monoisotopic (exact) mass is 348 g/mol. The molecule has 0 N–H and O–H groups in total. The molecule has 0 saturated heterocycles. The van der Waals surface area contributed by atoms with Crippen molar-refractivity contribution in [1.82, 2.24) is 0 Å². The largest absolute Gasteiger partial charge is 0.457 e. The molecule has 2 aromatic rings. The SMILES string of the molecule is Fc1ccc(Oc2ccc(CBr)cc2C(F)(F)F)cc1. The number of halogens is 5. The fraction of sp³-hybridized carbons (Fsp3) is 0.143. The van der Waals surface area contributed by atoms with Gasteiger partial charge in [-0.2, -0.15) is 13.2 Å². The van der Waals surface area contributed by atoms with Gasteiger partial charge in [0.15, 0.2) is 0 Å². The van der Waals surface area contributed by atoms with Gasteiger partial charge in [-0.3, -0.25) is 0 Å². The molecule has 0 radical (unpaired) electrons. The molecule has 0 atom stereocenters. The summed E-state index contributed by atoms with van der Waals surface area (Å²) in [5, 5.41) is 0.312. The molecule has 0 amide bonds. The van der Waals surface area contributed by atoms with Gasteiger partial charge in [-0.05, 0) is 42.0 Å². The van der Waals surface area contributed by atoms with Gasteiger partial charge in [-0.1, -0.05) is 22.0 Å². The molecular weight excluding hydrogens is 340 g/mol. The molecular formula is C14H9BrF4O. The fourth-order valence-corrected chi connectivity index (χ4v) is 1.95. The lowest BCUT2D eigenvalue weighted by atomic mass is 10.1. The van der Waals surface area contributed by atoms with Crippen molar-refractivity contribution in [3.63, 3.8) is 0 Å². The first-order chi connectivity index (χ1) is 9.40. The minimum absolute atomic E-state index is 0.142. The summed E-state index contributed by atoms with van der Waals surface area (Å²) >= 11 is 3.11. The Morgan fingerprint density at radius 1 is 1.00 bits per heavy atom. The summed E-state index contributed by atoms with van der Waals surface area (Å²) in [6.45, 7) is 0. The molecule has 0 unspecified atom stereocenters. The Hall–Kier alpha value is -1.56. The standard InChI is InChI=1S/C14H9BrF4O/c15-8-9-1-6-13(12(7-9)14(17,18)19)20-11-4-2-10(16)3-5-11/h1-7H,8H2. The number of benzene rings is 2. The number of hydrogen-bond acceptors (Lipinski definition) is 1. The predicted octanol–water partition coefficient (Wildman–Crippen LogP) is 5.53. The second-order valence-electron chi connectivity index (χ2n) is 4.02. The molecule has 0 aliphatic carbocycles. The lowest BCUT2D eigenvalue weighted by Gasteiger charge is -2.14. The second-order valence-corrected chi connectivity index (χ2v) is 4.58. The number of hydrogen-bond donors (Lipinski definition) is 0. The summed E-state index contributed by atoms with van der Waals surface area (Å²) in [4.78, 5) is 0. The maximum absolute atomic E-state index is 13.0. The van der Waals surface area contributed by atoms with E-state index >= 15 is 0 Å². The van der Waals surface area contributed by atoms with Crippen LogP contribution in [0.3, 0.4) is 0 Å². The summed E-state index contributed by atoms with van der Waals surface area (Å²) < 4.78 is 56.9. The van der Waals surface area contributed by atoms with Gasteiger partial charge < -0.3 is 4.74 Å². The lowest BCUT2D eigenvalue weighted by molar-refractivity contribution is -0.138. The molecule has 0 heterocycles. The highest BCUT2D eigenvalue weighted by Gasteiger charge is 2.34. The minimum atomic E-state index is -4.52. The van der Waals surface area contributed by atoms with E-state index in [-0.39, 0.29) is 11.5 Å². The van der Waals surface area contributed by atoms with Crippen molar-refractivity contribution < 1.29 is 22.3 Å². The third-order valence-corrected chi connectivity index (χ3v) is 3.19. The van der Waals surface area contributed by atoms with Gasteiger partial charge in [-0.25, -0.2) is 4.39 Å². The first kappa shape index (κ1) is 14.8. The van der Waals surface area contributed by atoms with Gasteiger partial charge in [0.25, 0.3) is 0 Å². The molecule has 106 valence electrons. The molecule has 2 aromatic carbocycles. The van der Waals surface area contributed by atoms with Crippen LogP contribution < -0.4 is 4.74 Å². The molecule has 0 fully saturated rings. The smallest absolute Gasteiger partial charge is 0.419 e. The van der Waals surface area contributed by atoms with Crippen LogP contribution in [0.1, 0.15) is 11.1 Å². The summed E-state index contributed by atoms with van der Waals surface area (Å²) in [5.74, 6) is -0.652. The predicted molar refractivity (Wildman–Crippen MR) is 70.5 cm³/mol. The maximum Gasteiger partial charge on any atom is 0.419 e. The molecule has 1 nitrogen and oxygen atoms in total. The molecule has 0 saturated carbocycles. The molecule has 0 aromatic heterocycles. The van der Waals surface area contributed by atoms with Crippen LogP contribution in [0.5, 0.6) is 11.5 Å². The van der Waals surface area contributed by atoms with E-state index in [9.17, 15) is 17.6 Å². The van der Waals surface area contributed by atoms with Gasteiger partial charge >= 0.3 is 6.18 Å². The van der Waals surface area contributed by atoms with E-state index in [0.717, 1.165) is 18.2 Å². The zero-order valence-electron chi connectivity index (χ0n) is 10.0. The molecule has 2 rings (SSSR count). The molecule has 0 bridgehead atoms. The van der Waals surface area contributed by atoms with Crippen LogP contribution in [-0.2, 0) is 11.5 Å². The highest BCUT2D eigenvalue weighted by molar-refractivity contribution is 9.08. The van der Waals surface area contributed by atoms with Crippen LogP contribution in [-0.4, -0.2) is 0 Å². The van der Waals surface area contributed by atoms with Crippen molar-refractivity contribution in [3.8, 4) is 11.5 Å². The molecule has 0 aliphatic rings. The van der Waals surface area contributed by atoms with Crippen molar-refractivity contribution in [3.05, 3.63) is 59.4 Å². The average Bonchev–Trinajstić information content (AvgIpc) is 2.40. The molecule has 0 spiro atoms. The van der Waals surface area contributed by atoms with E-state index < -0.39 is 17.6 Å². The van der Waals surface area contributed by atoms with Crippen molar-refractivity contribution in [2.24, 2.45) is 0 Å². The van der Waals surface area contributed by atoms with Gasteiger partial charge in [0.1, 0.15) is 17.3 Å². The van der Waals surface area contributed by atoms with Crippen molar-refractivity contribution in [2.45, 2.75) is 11.5 Å². The van der Waals surface area contributed by atoms with Gasteiger partial charge in [0.05, 0.1) is 5.56 Å². The first-order valence-corrected chi connectivity index (χ1v) is 6.72. The minimum Gasteiger partial charge on any atom is -0.457 e. The van der Waals surface area contributed by atoms with Gasteiger partial charge in [0, 0.05) is 5.33 Å². The van der Waals surface area contributed by atoms with Gasteiger partial charge in [0.2, 0.25) is 0 Å². The average molecular weight is 349 g/mol. The Bertz CT molecular complexity index is 593. The number of rotatable bonds is 3. The Balaban J connectivity index is 2.38. The lowest BCUT2D eigenvalue weighted by Crippen LogP contribution is -2.07. The third-order valence-electron chi connectivity index (χ3n) is 2.55. The van der Waals surface area contributed by atoms with Gasteiger partial charge in [-0.15, -0.1) is 0 Å². The summed E-state index contributed by atoms with van der Waals surface area (Å²) in [6, 6.07) is 8.59. The Morgan fingerprint density at radius 3 is 2.20 bits per heavy atom. The topological polar surface area (TPSA) is 9.23 Å². The van der Waals surface area contributed by atoms with Crippen LogP contribution in [0.4, 0.5) is 17.6 Å². The Morgan fingerprint density at radius 2 is 1.65 bits per heavy atom. The first-order valence-electron chi connectivity index (χ1n) is 5.59. The maximum atomic E-state index is 13.0. The van der Waals surface area contributed by atoms with E-state index in [4.69, 9.17) is 4.74 Å². The number of ether oxygens (including phenoxy) is 1. The number of alkyl halides is 4. The fourth-order valence-electron chi connectivity index (χ4n) is 1.60.